The molecule has 0 spiro atoms. The maximum absolute atomic E-state index is 12.0. The molecule has 2 saturated heterocycles. The van der Waals surface area contributed by atoms with Gasteiger partial charge in [-0.3, -0.25) is 0 Å². The molecule has 0 N–H and O–H groups in total. The number of hydrogen-bond acceptors (Lipinski definition) is 4. The minimum Gasteiger partial charge on any atom is -0.304 e. The van der Waals surface area contributed by atoms with Crippen LogP contribution in [-0.2, 0) is 10.0 Å². The lowest BCUT2D eigenvalue weighted by Gasteiger charge is -2.32. The molecule has 2 aliphatic heterocycles. The van der Waals surface area contributed by atoms with Gasteiger partial charge in [0, 0.05) is 39.3 Å². The second kappa shape index (κ2) is 6.32. The van der Waals surface area contributed by atoms with Gasteiger partial charge < -0.3 is 9.80 Å². The van der Waals surface area contributed by atoms with E-state index >= 15 is 0 Å². The number of rotatable bonds is 5. The summed E-state index contributed by atoms with van der Waals surface area (Å²) in [4.78, 5) is 4.69. The van der Waals surface area contributed by atoms with Crippen molar-refractivity contribution >= 4 is 10.0 Å². The minimum atomic E-state index is -2.98. The Hall–Kier alpha value is -0.170. The Morgan fingerprint density at radius 1 is 0.944 bits per heavy atom. The number of hydrogen-bond donors (Lipinski definition) is 0. The third-order valence-electron chi connectivity index (χ3n) is 3.93. The number of nitrogens with zero attached hydrogens (tertiary/aromatic N) is 3. The standard InChI is InChI=1S/C12H25N3O2S/c1-13-8-10-14(11-9-13)5-4-12-18(16,17)15-6-2-3-7-15/h2-12H2,1H3. The topological polar surface area (TPSA) is 43.9 Å². The lowest BCUT2D eigenvalue weighted by atomic mass is 10.3. The smallest absolute Gasteiger partial charge is 0.214 e. The second-order valence-corrected chi connectivity index (χ2v) is 7.51. The van der Waals surface area contributed by atoms with Crippen LogP contribution in [-0.4, -0.2) is 81.1 Å². The molecular weight excluding hydrogens is 250 g/mol. The first-order valence-corrected chi connectivity index (χ1v) is 8.57. The average molecular weight is 275 g/mol. The molecule has 106 valence electrons. The molecule has 0 aromatic heterocycles. The number of sulfonamides is 1. The van der Waals surface area contributed by atoms with Crippen LogP contribution in [0.15, 0.2) is 0 Å². The van der Waals surface area contributed by atoms with Crippen LogP contribution in [0.5, 0.6) is 0 Å². The van der Waals surface area contributed by atoms with Crippen molar-refractivity contribution < 1.29 is 8.42 Å². The fourth-order valence-electron chi connectivity index (χ4n) is 2.64. The number of piperazine rings is 1. The van der Waals surface area contributed by atoms with Gasteiger partial charge >= 0.3 is 0 Å². The Bertz CT molecular complexity index is 344. The highest BCUT2D eigenvalue weighted by Crippen LogP contribution is 2.14. The van der Waals surface area contributed by atoms with Crippen molar-refractivity contribution in [2.45, 2.75) is 19.3 Å². The minimum absolute atomic E-state index is 0.319. The first-order valence-electron chi connectivity index (χ1n) is 6.97. The Morgan fingerprint density at radius 3 is 2.17 bits per heavy atom. The summed E-state index contributed by atoms with van der Waals surface area (Å²) in [7, 11) is -0.841. The largest absolute Gasteiger partial charge is 0.304 e. The molecule has 0 aromatic carbocycles. The summed E-state index contributed by atoms with van der Waals surface area (Å²) in [6, 6.07) is 0. The van der Waals surface area contributed by atoms with Crippen LogP contribution in [0.1, 0.15) is 19.3 Å². The SMILES string of the molecule is CN1CCN(CCCS(=O)(=O)N2CCCC2)CC1. The van der Waals surface area contributed by atoms with Crippen molar-refractivity contribution in [3.8, 4) is 0 Å². The van der Waals surface area contributed by atoms with Crippen molar-refractivity contribution in [3.05, 3.63) is 0 Å². The van der Waals surface area contributed by atoms with Gasteiger partial charge in [0.25, 0.3) is 0 Å². The molecule has 5 nitrogen and oxygen atoms in total. The summed E-state index contributed by atoms with van der Waals surface area (Å²) in [5.74, 6) is 0.319. The monoisotopic (exact) mass is 275 g/mol. The van der Waals surface area contributed by atoms with Gasteiger partial charge in [-0.1, -0.05) is 0 Å². The maximum Gasteiger partial charge on any atom is 0.214 e. The van der Waals surface area contributed by atoms with Crippen molar-refractivity contribution in [2.75, 3.05) is 58.6 Å². The molecule has 0 aliphatic carbocycles. The number of likely N-dealkylation sites (N-methyl/N-ethyl adjacent to an activating group) is 1. The van der Waals surface area contributed by atoms with Gasteiger partial charge in [0.15, 0.2) is 0 Å². The van der Waals surface area contributed by atoms with Crippen LogP contribution in [0.3, 0.4) is 0 Å². The molecule has 0 radical (unpaired) electrons. The van der Waals surface area contributed by atoms with Crippen molar-refractivity contribution in [1.82, 2.24) is 14.1 Å². The molecule has 2 heterocycles. The van der Waals surface area contributed by atoms with E-state index < -0.39 is 10.0 Å². The Balaban J connectivity index is 1.68. The third-order valence-corrected chi connectivity index (χ3v) is 5.89. The molecule has 0 amide bonds. The zero-order valence-corrected chi connectivity index (χ0v) is 12.2. The van der Waals surface area contributed by atoms with Crippen LogP contribution in [0.4, 0.5) is 0 Å². The van der Waals surface area contributed by atoms with Gasteiger partial charge in [0.1, 0.15) is 0 Å². The van der Waals surface area contributed by atoms with Gasteiger partial charge in [-0.15, -0.1) is 0 Å². The summed E-state index contributed by atoms with van der Waals surface area (Å²) in [5.41, 5.74) is 0. The second-order valence-electron chi connectivity index (χ2n) is 5.42. The molecule has 2 fully saturated rings. The summed E-state index contributed by atoms with van der Waals surface area (Å²) < 4.78 is 25.7. The molecule has 18 heavy (non-hydrogen) atoms. The Kier molecular flexibility index (Phi) is 5.00. The van der Waals surface area contributed by atoms with E-state index in [2.05, 4.69) is 16.8 Å². The van der Waals surface area contributed by atoms with Crippen molar-refractivity contribution in [1.29, 1.82) is 0 Å². The first-order chi connectivity index (χ1) is 8.58. The molecule has 0 saturated carbocycles. The zero-order chi connectivity index (χ0) is 13.0. The fraction of sp³-hybridized carbons (Fsp3) is 1.00. The summed E-state index contributed by atoms with van der Waals surface area (Å²) in [6.07, 6.45) is 2.82. The molecule has 0 atom stereocenters. The van der Waals surface area contributed by atoms with E-state index in [4.69, 9.17) is 0 Å². The van der Waals surface area contributed by atoms with E-state index in [1.807, 2.05) is 0 Å². The van der Waals surface area contributed by atoms with Gasteiger partial charge in [0.05, 0.1) is 5.75 Å². The van der Waals surface area contributed by atoms with E-state index in [1.165, 1.54) is 0 Å². The summed E-state index contributed by atoms with van der Waals surface area (Å²) in [6.45, 7) is 6.72. The van der Waals surface area contributed by atoms with Crippen LogP contribution in [0.2, 0.25) is 0 Å². The highest BCUT2D eigenvalue weighted by Gasteiger charge is 2.25. The van der Waals surface area contributed by atoms with Gasteiger partial charge in [-0.05, 0) is 32.9 Å². The molecule has 0 bridgehead atoms. The zero-order valence-electron chi connectivity index (χ0n) is 11.3. The molecule has 2 rings (SSSR count). The highest BCUT2D eigenvalue weighted by molar-refractivity contribution is 7.89. The lowest BCUT2D eigenvalue weighted by Crippen LogP contribution is -2.45. The van der Waals surface area contributed by atoms with Crippen molar-refractivity contribution in [3.63, 3.8) is 0 Å². The van der Waals surface area contributed by atoms with Crippen LogP contribution in [0, 0.1) is 0 Å². The molecule has 6 heteroatoms. The van der Waals surface area contributed by atoms with E-state index in [0.29, 0.717) is 5.75 Å². The molecule has 2 aliphatic rings. The quantitative estimate of drug-likeness (QED) is 0.711. The Labute approximate surface area is 111 Å². The molecule has 0 unspecified atom stereocenters. The predicted molar refractivity (Wildman–Crippen MR) is 73.1 cm³/mol. The van der Waals surface area contributed by atoms with Crippen molar-refractivity contribution in [2.24, 2.45) is 0 Å². The molecule has 0 aromatic rings. The van der Waals surface area contributed by atoms with E-state index in [1.54, 1.807) is 4.31 Å². The average Bonchev–Trinajstić information content (AvgIpc) is 2.86. The fourth-order valence-corrected chi connectivity index (χ4v) is 4.20. The lowest BCUT2D eigenvalue weighted by molar-refractivity contribution is 0.154. The van der Waals surface area contributed by atoms with Gasteiger partial charge in [-0.2, -0.15) is 0 Å². The summed E-state index contributed by atoms with van der Waals surface area (Å²) in [5, 5.41) is 0. The van der Waals surface area contributed by atoms with E-state index in [9.17, 15) is 8.42 Å². The molecular formula is C12H25N3O2S. The van der Waals surface area contributed by atoms with Gasteiger partial charge in [0.2, 0.25) is 10.0 Å². The predicted octanol–water partition coefficient (Wildman–Crippen LogP) is 0.0495. The van der Waals surface area contributed by atoms with Crippen LogP contribution >= 0.6 is 0 Å². The van der Waals surface area contributed by atoms with E-state index in [-0.39, 0.29) is 0 Å². The Morgan fingerprint density at radius 2 is 1.56 bits per heavy atom. The van der Waals surface area contributed by atoms with Gasteiger partial charge in [-0.25, -0.2) is 12.7 Å². The van der Waals surface area contributed by atoms with E-state index in [0.717, 1.165) is 65.1 Å². The van der Waals surface area contributed by atoms with Crippen LogP contribution in [0.25, 0.3) is 0 Å². The third kappa shape index (κ3) is 3.91. The maximum atomic E-state index is 12.0. The highest BCUT2D eigenvalue weighted by atomic mass is 32.2. The first kappa shape index (κ1) is 14.2. The normalized spacial score (nSPS) is 24.7. The van der Waals surface area contributed by atoms with Crippen LogP contribution < -0.4 is 0 Å². The summed E-state index contributed by atoms with van der Waals surface area (Å²) >= 11 is 0.